The Kier molecular flexibility index (Phi) is 1.55. The first-order valence-electron chi connectivity index (χ1n) is 3.28. The molecule has 0 radical (unpaired) electrons. The van der Waals surface area contributed by atoms with Crippen LogP contribution in [0.3, 0.4) is 0 Å². The molecule has 56 valence electrons. The number of benzene rings is 1. The Bertz CT molecular complexity index is 369. The van der Waals surface area contributed by atoms with Crippen molar-refractivity contribution in [2.75, 3.05) is 0 Å². The first kappa shape index (κ1) is 6.68. The van der Waals surface area contributed by atoms with Crippen molar-refractivity contribution in [3.8, 4) is 0 Å². The predicted octanol–water partition coefficient (Wildman–Crippen LogP) is 2.57. The summed E-state index contributed by atoms with van der Waals surface area (Å²) in [6, 6.07) is 5.74. The summed E-state index contributed by atoms with van der Waals surface area (Å²) in [6.45, 7) is 0. The predicted molar refractivity (Wildman–Crippen MR) is 43.6 cm³/mol. The van der Waals surface area contributed by atoms with Gasteiger partial charge in [0, 0.05) is 5.88 Å². The van der Waals surface area contributed by atoms with Gasteiger partial charge in [-0.1, -0.05) is 6.07 Å². The number of hydrogen-bond donors (Lipinski definition) is 0. The van der Waals surface area contributed by atoms with Crippen molar-refractivity contribution in [2.24, 2.45) is 0 Å². The van der Waals surface area contributed by atoms with E-state index < -0.39 is 0 Å². The van der Waals surface area contributed by atoms with Crippen molar-refractivity contribution < 1.29 is 4.42 Å². The molecule has 1 aromatic carbocycles. The molecule has 1 aromatic heterocycles. The molecule has 1 heterocycles. The summed E-state index contributed by atoms with van der Waals surface area (Å²) in [5.74, 6) is 0.511. The van der Waals surface area contributed by atoms with Gasteiger partial charge in [-0.3, -0.25) is 0 Å². The van der Waals surface area contributed by atoms with Crippen LogP contribution in [-0.2, 0) is 5.88 Å². The van der Waals surface area contributed by atoms with E-state index in [-0.39, 0.29) is 0 Å². The van der Waals surface area contributed by atoms with Crippen molar-refractivity contribution >= 4 is 22.7 Å². The summed E-state index contributed by atoms with van der Waals surface area (Å²) in [5.41, 5.74) is 2.72. The highest BCUT2D eigenvalue weighted by molar-refractivity contribution is 6.17. The van der Waals surface area contributed by atoms with Gasteiger partial charge in [-0.15, -0.1) is 11.6 Å². The molecule has 0 unspecified atom stereocenters. The molecule has 0 saturated heterocycles. The van der Waals surface area contributed by atoms with E-state index >= 15 is 0 Å². The molecule has 0 aliphatic rings. The molecule has 2 rings (SSSR count). The van der Waals surface area contributed by atoms with E-state index in [9.17, 15) is 0 Å². The van der Waals surface area contributed by atoms with Crippen LogP contribution in [0.1, 0.15) is 5.56 Å². The summed E-state index contributed by atoms with van der Waals surface area (Å²) in [4.78, 5) is 3.98. The Morgan fingerprint density at radius 1 is 1.45 bits per heavy atom. The minimum atomic E-state index is 0.511. The van der Waals surface area contributed by atoms with Crippen molar-refractivity contribution in [3.05, 3.63) is 30.2 Å². The standard InChI is InChI=1S/C8H6ClNO/c9-4-6-1-2-7-8(3-6)11-5-10-7/h1-3,5H,4H2. The van der Waals surface area contributed by atoms with Gasteiger partial charge in [0.1, 0.15) is 5.52 Å². The monoisotopic (exact) mass is 167 g/mol. The smallest absolute Gasteiger partial charge is 0.181 e. The van der Waals surface area contributed by atoms with E-state index in [1.165, 1.54) is 6.39 Å². The highest BCUT2D eigenvalue weighted by atomic mass is 35.5. The largest absolute Gasteiger partial charge is 0.443 e. The highest BCUT2D eigenvalue weighted by Crippen LogP contribution is 2.15. The lowest BCUT2D eigenvalue weighted by atomic mass is 10.2. The fraction of sp³-hybridized carbons (Fsp3) is 0.125. The lowest BCUT2D eigenvalue weighted by molar-refractivity contribution is 0.602. The van der Waals surface area contributed by atoms with Gasteiger partial charge >= 0.3 is 0 Å². The van der Waals surface area contributed by atoms with Crippen molar-refractivity contribution in [1.29, 1.82) is 0 Å². The first-order chi connectivity index (χ1) is 5.40. The normalized spacial score (nSPS) is 10.6. The molecule has 0 bridgehead atoms. The van der Waals surface area contributed by atoms with Crippen LogP contribution < -0.4 is 0 Å². The molecule has 0 amide bonds. The maximum atomic E-state index is 5.63. The fourth-order valence-corrected chi connectivity index (χ4v) is 1.15. The molecule has 0 aliphatic heterocycles. The molecule has 0 aliphatic carbocycles. The van der Waals surface area contributed by atoms with Gasteiger partial charge in [0.25, 0.3) is 0 Å². The third-order valence-electron chi connectivity index (χ3n) is 1.55. The lowest BCUT2D eigenvalue weighted by Gasteiger charge is -1.91. The van der Waals surface area contributed by atoms with Gasteiger partial charge in [0.05, 0.1) is 0 Å². The zero-order valence-corrected chi connectivity index (χ0v) is 6.51. The zero-order valence-electron chi connectivity index (χ0n) is 5.75. The summed E-state index contributed by atoms with van der Waals surface area (Å²) >= 11 is 5.63. The Morgan fingerprint density at radius 3 is 3.18 bits per heavy atom. The second-order valence-electron chi connectivity index (χ2n) is 2.29. The second kappa shape index (κ2) is 2.55. The van der Waals surface area contributed by atoms with Crippen molar-refractivity contribution in [1.82, 2.24) is 4.98 Å². The maximum absolute atomic E-state index is 5.63. The third-order valence-corrected chi connectivity index (χ3v) is 1.86. The minimum Gasteiger partial charge on any atom is -0.443 e. The summed E-state index contributed by atoms with van der Waals surface area (Å²) < 4.78 is 5.09. The van der Waals surface area contributed by atoms with Crippen LogP contribution in [0, 0.1) is 0 Å². The number of hydrogen-bond acceptors (Lipinski definition) is 2. The number of alkyl halides is 1. The van der Waals surface area contributed by atoms with Crippen LogP contribution in [0.5, 0.6) is 0 Å². The SMILES string of the molecule is ClCc1ccc2ncoc2c1. The average molecular weight is 168 g/mol. The molecule has 2 aromatic rings. The van der Waals surface area contributed by atoms with Crippen LogP contribution in [0.4, 0.5) is 0 Å². The van der Waals surface area contributed by atoms with Crippen LogP contribution in [0.15, 0.2) is 29.0 Å². The van der Waals surface area contributed by atoms with E-state index in [1.54, 1.807) is 0 Å². The van der Waals surface area contributed by atoms with E-state index in [0.717, 1.165) is 16.7 Å². The topological polar surface area (TPSA) is 26.0 Å². The molecule has 11 heavy (non-hydrogen) atoms. The Labute approximate surface area is 68.8 Å². The Morgan fingerprint density at radius 2 is 2.36 bits per heavy atom. The molecule has 3 heteroatoms. The van der Waals surface area contributed by atoms with Crippen LogP contribution in [0.25, 0.3) is 11.1 Å². The maximum Gasteiger partial charge on any atom is 0.181 e. The van der Waals surface area contributed by atoms with Crippen molar-refractivity contribution in [3.63, 3.8) is 0 Å². The molecular weight excluding hydrogens is 162 g/mol. The molecule has 0 spiro atoms. The number of halogens is 1. The second-order valence-corrected chi connectivity index (χ2v) is 2.56. The number of aromatic nitrogens is 1. The van der Waals surface area contributed by atoms with Crippen LogP contribution >= 0.6 is 11.6 Å². The Balaban J connectivity index is 2.67. The fourth-order valence-electron chi connectivity index (χ4n) is 0.983. The molecule has 0 fully saturated rings. The quantitative estimate of drug-likeness (QED) is 0.611. The van der Waals surface area contributed by atoms with Gasteiger partial charge in [0.15, 0.2) is 12.0 Å². The highest BCUT2D eigenvalue weighted by Gasteiger charge is 1.97. The van der Waals surface area contributed by atoms with E-state index in [0.29, 0.717) is 5.88 Å². The van der Waals surface area contributed by atoms with Crippen LogP contribution in [0.2, 0.25) is 0 Å². The number of oxazole rings is 1. The Hall–Kier alpha value is -1.02. The average Bonchev–Trinajstić information content (AvgIpc) is 2.50. The van der Waals surface area contributed by atoms with Crippen molar-refractivity contribution in [2.45, 2.75) is 5.88 Å². The number of rotatable bonds is 1. The molecule has 0 atom stereocenters. The van der Waals surface area contributed by atoms with E-state index in [4.69, 9.17) is 16.0 Å². The summed E-state index contributed by atoms with van der Waals surface area (Å²) in [5, 5.41) is 0. The summed E-state index contributed by atoms with van der Waals surface area (Å²) in [7, 11) is 0. The van der Waals surface area contributed by atoms with E-state index in [1.807, 2.05) is 18.2 Å². The molecule has 2 nitrogen and oxygen atoms in total. The van der Waals surface area contributed by atoms with Gasteiger partial charge in [-0.25, -0.2) is 4.98 Å². The number of nitrogens with zero attached hydrogens (tertiary/aromatic N) is 1. The molecule has 0 saturated carbocycles. The van der Waals surface area contributed by atoms with Gasteiger partial charge in [0.2, 0.25) is 0 Å². The molecule has 0 N–H and O–H groups in total. The van der Waals surface area contributed by atoms with Gasteiger partial charge < -0.3 is 4.42 Å². The van der Waals surface area contributed by atoms with E-state index in [2.05, 4.69) is 4.98 Å². The number of fused-ring (bicyclic) bond motifs is 1. The molecular formula is C8H6ClNO. The first-order valence-corrected chi connectivity index (χ1v) is 3.82. The lowest BCUT2D eigenvalue weighted by Crippen LogP contribution is -1.75. The third kappa shape index (κ3) is 1.10. The summed E-state index contributed by atoms with van der Waals surface area (Å²) in [6.07, 6.45) is 1.43. The zero-order chi connectivity index (χ0) is 7.68. The van der Waals surface area contributed by atoms with Crippen LogP contribution in [-0.4, -0.2) is 4.98 Å². The van der Waals surface area contributed by atoms with Gasteiger partial charge in [-0.2, -0.15) is 0 Å². The van der Waals surface area contributed by atoms with Gasteiger partial charge in [-0.05, 0) is 17.7 Å². The minimum absolute atomic E-state index is 0.511.